The van der Waals surface area contributed by atoms with Crippen LogP contribution in [0.2, 0.25) is 0 Å². The number of aromatic nitrogens is 4. The zero-order chi connectivity index (χ0) is 20.1. The van der Waals surface area contributed by atoms with Crippen LogP contribution >= 0.6 is 0 Å². The topological polar surface area (TPSA) is 81.7 Å². The molecule has 0 bridgehead atoms. The molecule has 1 saturated heterocycles. The van der Waals surface area contributed by atoms with Crippen LogP contribution in [0.5, 0.6) is 0 Å². The van der Waals surface area contributed by atoms with Gasteiger partial charge in [-0.2, -0.15) is 0 Å². The maximum absolute atomic E-state index is 6.22. The van der Waals surface area contributed by atoms with Gasteiger partial charge in [0.1, 0.15) is 11.3 Å². The van der Waals surface area contributed by atoms with Gasteiger partial charge in [0.15, 0.2) is 11.5 Å². The highest BCUT2D eigenvalue weighted by molar-refractivity contribution is 5.83. The molecule has 2 fully saturated rings. The molecular weight excluding hydrogens is 372 g/mol. The van der Waals surface area contributed by atoms with Gasteiger partial charge in [-0.15, -0.1) is 0 Å². The van der Waals surface area contributed by atoms with Gasteiger partial charge in [-0.3, -0.25) is 4.57 Å². The fraction of sp³-hybridized carbons (Fsp3) is 0.292. The summed E-state index contributed by atoms with van der Waals surface area (Å²) >= 11 is 0. The van der Waals surface area contributed by atoms with E-state index in [2.05, 4.69) is 51.3 Å². The molecule has 3 N–H and O–H groups in total. The Morgan fingerprint density at radius 2 is 1.80 bits per heavy atom. The Balaban J connectivity index is 1.53. The Kier molecular flexibility index (Phi) is 4.06. The highest BCUT2D eigenvalue weighted by atomic mass is 15.1. The minimum Gasteiger partial charge on any atom is -0.383 e. The number of nitrogens with two attached hydrogens (primary N) is 1. The summed E-state index contributed by atoms with van der Waals surface area (Å²) in [6, 6.07) is 16.9. The Hall–Kier alpha value is -3.25. The minimum absolute atomic E-state index is 0.477. The first kappa shape index (κ1) is 17.6. The third kappa shape index (κ3) is 2.95. The molecule has 0 spiro atoms. The lowest BCUT2D eigenvalue weighted by molar-refractivity contribution is 0.763. The van der Waals surface area contributed by atoms with Crippen LogP contribution in [0, 0.1) is 0 Å². The third-order valence-electron chi connectivity index (χ3n) is 6.28. The first-order valence-electron chi connectivity index (χ1n) is 10.7. The van der Waals surface area contributed by atoms with E-state index < -0.39 is 0 Å². The van der Waals surface area contributed by atoms with E-state index in [9.17, 15) is 0 Å². The van der Waals surface area contributed by atoms with Crippen LogP contribution in [-0.4, -0.2) is 32.6 Å². The molecule has 1 saturated carbocycles. The molecule has 150 valence electrons. The van der Waals surface area contributed by atoms with E-state index in [1.54, 1.807) is 6.20 Å². The van der Waals surface area contributed by atoms with Crippen molar-refractivity contribution >= 4 is 17.0 Å². The Morgan fingerprint density at radius 1 is 0.933 bits per heavy atom. The quantitative estimate of drug-likeness (QED) is 0.544. The van der Waals surface area contributed by atoms with Crippen LogP contribution in [-0.2, 0) is 0 Å². The molecule has 1 aromatic carbocycles. The van der Waals surface area contributed by atoms with Gasteiger partial charge in [-0.1, -0.05) is 12.1 Å². The summed E-state index contributed by atoms with van der Waals surface area (Å²) in [4.78, 5) is 14.2. The smallest absolute Gasteiger partial charge is 0.165 e. The van der Waals surface area contributed by atoms with E-state index in [0.717, 1.165) is 47.0 Å². The van der Waals surface area contributed by atoms with Crippen molar-refractivity contribution in [1.82, 2.24) is 24.8 Å². The second-order valence-electron chi connectivity index (χ2n) is 8.34. The van der Waals surface area contributed by atoms with Crippen molar-refractivity contribution in [2.24, 2.45) is 0 Å². The van der Waals surface area contributed by atoms with Crippen molar-refractivity contribution < 1.29 is 0 Å². The summed E-state index contributed by atoms with van der Waals surface area (Å²) in [5, 5.41) is 3.45. The Bertz CT molecular complexity index is 1220. The Labute approximate surface area is 175 Å². The molecule has 0 amide bonds. The standard InChI is InChI=1S/C24H24N6/c25-22-19(2-1-12-27-22)23-29-21-10-9-20(16-3-4-16)28-24(21)30(23)18-7-5-15(6-8-18)17-11-13-26-14-17/h1-2,5-10,12,16-17,26H,3-4,11,13-14H2,(H2,25,27). The lowest BCUT2D eigenvalue weighted by atomic mass is 9.98. The van der Waals surface area contributed by atoms with Crippen LogP contribution in [0.25, 0.3) is 28.2 Å². The third-order valence-corrected chi connectivity index (χ3v) is 6.28. The lowest BCUT2D eigenvalue weighted by Gasteiger charge is -2.13. The fourth-order valence-electron chi connectivity index (χ4n) is 4.44. The molecule has 3 aromatic heterocycles. The van der Waals surface area contributed by atoms with Crippen molar-refractivity contribution in [1.29, 1.82) is 0 Å². The lowest BCUT2D eigenvalue weighted by Crippen LogP contribution is -2.08. The van der Waals surface area contributed by atoms with Gasteiger partial charge in [0, 0.05) is 30.0 Å². The molecule has 2 aliphatic rings. The monoisotopic (exact) mass is 396 g/mol. The second kappa shape index (κ2) is 6.92. The van der Waals surface area contributed by atoms with Crippen LogP contribution in [0.1, 0.15) is 42.4 Å². The zero-order valence-electron chi connectivity index (χ0n) is 16.8. The fourth-order valence-corrected chi connectivity index (χ4v) is 4.44. The number of hydrogen-bond donors (Lipinski definition) is 2. The van der Waals surface area contributed by atoms with Gasteiger partial charge < -0.3 is 11.1 Å². The number of hydrogen-bond acceptors (Lipinski definition) is 5. The van der Waals surface area contributed by atoms with E-state index in [-0.39, 0.29) is 0 Å². The van der Waals surface area contributed by atoms with Crippen molar-refractivity contribution in [3.8, 4) is 17.1 Å². The van der Waals surface area contributed by atoms with E-state index >= 15 is 0 Å². The number of rotatable bonds is 4. The normalized spacial score (nSPS) is 18.9. The van der Waals surface area contributed by atoms with Gasteiger partial charge in [-0.25, -0.2) is 15.0 Å². The van der Waals surface area contributed by atoms with Gasteiger partial charge in [0.05, 0.1) is 5.56 Å². The summed E-state index contributed by atoms with van der Waals surface area (Å²) in [6.07, 6.45) is 5.34. The molecule has 6 rings (SSSR count). The molecule has 4 heterocycles. The molecule has 1 aliphatic heterocycles. The van der Waals surface area contributed by atoms with Crippen LogP contribution in [0.4, 0.5) is 5.82 Å². The average molecular weight is 396 g/mol. The first-order chi connectivity index (χ1) is 14.8. The van der Waals surface area contributed by atoms with E-state index in [1.165, 1.54) is 24.8 Å². The van der Waals surface area contributed by atoms with Crippen molar-refractivity contribution in [3.05, 3.63) is 66.0 Å². The van der Waals surface area contributed by atoms with E-state index in [1.807, 2.05) is 12.1 Å². The predicted molar refractivity (Wildman–Crippen MR) is 119 cm³/mol. The summed E-state index contributed by atoms with van der Waals surface area (Å²) in [7, 11) is 0. The number of nitrogens with one attached hydrogen (secondary N) is 1. The Morgan fingerprint density at radius 3 is 2.53 bits per heavy atom. The summed E-state index contributed by atoms with van der Waals surface area (Å²) in [6.45, 7) is 2.15. The number of anilines is 1. The number of benzene rings is 1. The molecule has 0 radical (unpaired) electrons. The van der Waals surface area contributed by atoms with Crippen molar-refractivity contribution in [2.75, 3.05) is 18.8 Å². The maximum Gasteiger partial charge on any atom is 0.165 e. The van der Waals surface area contributed by atoms with Crippen LogP contribution in [0.15, 0.2) is 54.7 Å². The predicted octanol–water partition coefficient (Wildman–Crippen LogP) is 4.02. The summed E-state index contributed by atoms with van der Waals surface area (Å²) in [5.41, 5.74) is 12.4. The van der Waals surface area contributed by atoms with E-state index in [4.69, 9.17) is 15.7 Å². The molecule has 6 nitrogen and oxygen atoms in total. The molecule has 4 aromatic rings. The van der Waals surface area contributed by atoms with Crippen molar-refractivity contribution in [2.45, 2.75) is 31.1 Å². The first-order valence-corrected chi connectivity index (χ1v) is 10.7. The highest BCUT2D eigenvalue weighted by Gasteiger charge is 2.27. The number of imidazole rings is 1. The zero-order valence-corrected chi connectivity index (χ0v) is 16.8. The molecular formula is C24H24N6. The van der Waals surface area contributed by atoms with Crippen LogP contribution < -0.4 is 11.1 Å². The maximum atomic E-state index is 6.22. The summed E-state index contributed by atoms with van der Waals surface area (Å²) < 4.78 is 2.13. The number of pyridine rings is 2. The molecule has 1 unspecified atom stereocenters. The number of nitrogen functional groups attached to an aromatic ring is 1. The largest absolute Gasteiger partial charge is 0.383 e. The van der Waals surface area contributed by atoms with Gasteiger partial charge >= 0.3 is 0 Å². The molecule has 1 atom stereocenters. The molecule has 30 heavy (non-hydrogen) atoms. The average Bonchev–Trinajstić information content (AvgIpc) is 3.35. The highest BCUT2D eigenvalue weighted by Crippen LogP contribution is 2.40. The number of fused-ring (bicyclic) bond motifs is 1. The summed E-state index contributed by atoms with van der Waals surface area (Å²) in [5.74, 6) is 2.44. The van der Waals surface area contributed by atoms with Crippen LogP contribution in [0.3, 0.4) is 0 Å². The molecule has 6 heteroatoms. The van der Waals surface area contributed by atoms with Crippen molar-refractivity contribution in [3.63, 3.8) is 0 Å². The SMILES string of the molecule is Nc1ncccc1-c1nc2ccc(C3CC3)nc2n1-c1ccc(C2CCNC2)cc1. The minimum atomic E-state index is 0.477. The van der Waals surface area contributed by atoms with E-state index in [0.29, 0.717) is 17.7 Å². The van der Waals surface area contributed by atoms with Gasteiger partial charge in [0.2, 0.25) is 0 Å². The number of nitrogens with zero attached hydrogens (tertiary/aromatic N) is 4. The van der Waals surface area contributed by atoms with Gasteiger partial charge in [-0.05, 0) is 73.7 Å². The van der Waals surface area contributed by atoms with Gasteiger partial charge in [0.25, 0.3) is 0 Å². The molecule has 1 aliphatic carbocycles. The second-order valence-corrected chi connectivity index (χ2v) is 8.34.